The maximum Gasteiger partial charge on any atom is 0.243 e. The van der Waals surface area contributed by atoms with Crippen LogP contribution < -0.4 is 5.32 Å². The number of hydrogen-bond acceptors (Lipinski definition) is 4. The Morgan fingerprint density at radius 1 is 1.11 bits per heavy atom. The Bertz CT molecular complexity index is 894. The van der Waals surface area contributed by atoms with Crippen molar-refractivity contribution in [1.29, 1.82) is 0 Å². The van der Waals surface area contributed by atoms with E-state index < -0.39 is 10.0 Å². The summed E-state index contributed by atoms with van der Waals surface area (Å²) in [5.74, 6) is 1.15. The van der Waals surface area contributed by atoms with Crippen LogP contribution in [0.5, 0.6) is 0 Å². The fraction of sp³-hybridized carbons (Fsp3) is 0.381. The molecule has 7 heteroatoms. The highest BCUT2D eigenvalue weighted by atomic mass is 32.2. The van der Waals surface area contributed by atoms with Gasteiger partial charge in [-0.3, -0.25) is 4.79 Å². The molecule has 1 amide bonds. The highest BCUT2D eigenvalue weighted by Crippen LogP contribution is 2.17. The van der Waals surface area contributed by atoms with Crippen molar-refractivity contribution < 1.29 is 13.2 Å². The van der Waals surface area contributed by atoms with Crippen molar-refractivity contribution in [2.24, 2.45) is 0 Å². The van der Waals surface area contributed by atoms with Crippen LogP contribution in [0, 0.1) is 6.92 Å². The van der Waals surface area contributed by atoms with Crippen LogP contribution in [-0.4, -0.2) is 37.5 Å². The van der Waals surface area contributed by atoms with Gasteiger partial charge in [0.05, 0.1) is 10.6 Å². The van der Waals surface area contributed by atoms with Crippen LogP contribution in [0.3, 0.4) is 0 Å². The zero-order valence-corrected chi connectivity index (χ0v) is 18.4. The van der Waals surface area contributed by atoms with E-state index in [0.29, 0.717) is 12.3 Å². The summed E-state index contributed by atoms with van der Waals surface area (Å²) in [4.78, 5) is 12.3. The zero-order valence-electron chi connectivity index (χ0n) is 16.8. The van der Waals surface area contributed by atoms with Crippen molar-refractivity contribution >= 4 is 27.7 Å². The molecule has 0 bridgehead atoms. The highest BCUT2D eigenvalue weighted by Gasteiger charge is 2.22. The predicted molar refractivity (Wildman–Crippen MR) is 116 cm³/mol. The summed E-state index contributed by atoms with van der Waals surface area (Å²) in [6, 6.07) is 14.8. The van der Waals surface area contributed by atoms with Crippen molar-refractivity contribution in [3.63, 3.8) is 0 Å². The predicted octanol–water partition coefficient (Wildman–Crippen LogP) is 3.57. The van der Waals surface area contributed by atoms with E-state index in [1.807, 2.05) is 19.9 Å². The molecule has 0 aliphatic carbocycles. The summed E-state index contributed by atoms with van der Waals surface area (Å²) in [7, 11) is -1.91. The molecule has 0 unspecified atom stereocenters. The Labute approximate surface area is 172 Å². The second-order valence-electron chi connectivity index (χ2n) is 7.02. The average Bonchev–Trinajstić information content (AvgIpc) is 2.66. The van der Waals surface area contributed by atoms with Crippen LogP contribution in [-0.2, 0) is 27.1 Å². The van der Waals surface area contributed by atoms with Crippen molar-refractivity contribution in [1.82, 2.24) is 9.62 Å². The normalized spacial score (nSPS) is 11.8. The molecule has 2 aromatic carbocycles. The van der Waals surface area contributed by atoms with Crippen molar-refractivity contribution in [2.45, 2.75) is 44.0 Å². The second-order valence-corrected chi connectivity index (χ2v) is 10.0. The van der Waals surface area contributed by atoms with E-state index in [1.54, 1.807) is 43.1 Å². The number of sulfonamides is 1. The summed E-state index contributed by atoms with van der Waals surface area (Å²) in [5.41, 5.74) is 3.29. The van der Waals surface area contributed by atoms with Gasteiger partial charge in [0.15, 0.2) is 0 Å². The minimum Gasteiger partial charge on any atom is -0.351 e. The number of nitrogens with zero attached hydrogens (tertiary/aromatic N) is 1. The van der Waals surface area contributed by atoms with Crippen LogP contribution in [0.15, 0.2) is 53.4 Å². The molecule has 0 aliphatic heterocycles. The molecule has 2 aromatic rings. The quantitative estimate of drug-likeness (QED) is 0.673. The van der Waals surface area contributed by atoms with E-state index in [2.05, 4.69) is 30.4 Å². The van der Waals surface area contributed by atoms with Crippen molar-refractivity contribution in [2.75, 3.05) is 12.8 Å². The number of nitrogens with one attached hydrogen (secondary N) is 1. The van der Waals surface area contributed by atoms with Gasteiger partial charge >= 0.3 is 0 Å². The number of benzene rings is 2. The maximum atomic E-state index is 12.5. The summed E-state index contributed by atoms with van der Waals surface area (Å²) < 4.78 is 26.3. The van der Waals surface area contributed by atoms with Gasteiger partial charge in [0.2, 0.25) is 15.9 Å². The first-order valence-corrected chi connectivity index (χ1v) is 11.8. The molecule has 0 aliphatic rings. The Balaban J connectivity index is 1.82. The number of rotatable bonds is 9. The molecular weight excluding hydrogens is 392 g/mol. The number of carbonyl (C=O) groups is 1. The van der Waals surface area contributed by atoms with E-state index in [-0.39, 0.29) is 16.8 Å². The third-order valence-electron chi connectivity index (χ3n) is 4.40. The highest BCUT2D eigenvalue weighted by molar-refractivity contribution is 7.99. The SMILES string of the molecule is Cc1cccc(CSCC(=O)NCc2ccc(S(=O)(=O)N(C)C(C)C)cc2)c1. The molecule has 0 fully saturated rings. The van der Waals surface area contributed by atoms with E-state index in [9.17, 15) is 13.2 Å². The van der Waals surface area contributed by atoms with Crippen LogP contribution >= 0.6 is 11.8 Å². The first-order chi connectivity index (χ1) is 13.2. The first-order valence-electron chi connectivity index (χ1n) is 9.17. The lowest BCUT2D eigenvalue weighted by molar-refractivity contribution is -0.118. The minimum atomic E-state index is -3.49. The van der Waals surface area contributed by atoms with E-state index in [1.165, 1.54) is 15.4 Å². The molecule has 28 heavy (non-hydrogen) atoms. The monoisotopic (exact) mass is 420 g/mol. The summed E-state index contributed by atoms with van der Waals surface area (Å²) in [5, 5.41) is 2.88. The summed E-state index contributed by atoms with van der Waals surface area (Å²) in [6.45, 7) is 6.10. The van der Waals surface area contributed by atoms with Gasteiger partial charge in [-0.1, -0.05) is 42.0 Å². The van der Waals surface area contributed by atoms with Crippen molar-refractivity contribution in [3.05, 3.63) is 65.2 Å². The molecule has 5 nitrogen and oxygen atoms in total. The molecule has 0 aromatic heterocycles. The lowest BCUT2D eigenvalue weighted by Crippen LogP contribution is -2.33. The molecule has 1 N–H and O–H groups in total. The van der Waals surface area contributed by atoms with Crippen LogP contribution in [0.4, 0.5) is 0 Å². The van der Waals surface area contributed by atoms with Crippen LogP contribution in [0.25, 0.3) is 0 Å². The van der Waals surface area contributed by atoms with Crippen molar-refractivity contribution in [3.8, 4) is 0 Å². The van der Waals surface area contributed by atoms with Gasteiger partial charge < -0.3 is 5.32 Å². The fourth-order valence-electron chi connectivity index (χ4n) is 2.54. The number of amides is 1. The lowest BCUT2D eigenvalue weighted by atomic mass is 10.2. The smallest absolute Gasteiger partial charge is 0.243 e. The van der Waals surface area contributed by atoms with Gasteiger partial charge in [-0.05, 0) is 44.0 Å². The molecule has 2 rings (SSSR count). The topological polar surface area (TPSA) is 66.5 Å². The molecule has 0 saturated carbocycles. The number of thioether (sulfide) groups is 1. The van der Waals surface area contributed by atoms with Gasteiger partial charge in [-0.2, -0.15) is 4.31 Å². The minimum absolute atomic E-state index is 0.0334. The Hall–Kier alpha value is -1.83. The molecule has 0 spiro atoms. The standard InChI is InChI=1S/C21H28N2O3S2/c1-16(2)23(4)28(25,26)20-10-8-18(9-11-20)13-22-21(24)15-27-14-19-7-5-6-17(3)12-19/h5-12,16H,13-15H2,1-4H3,(H,22,24). The average molecular weight is 421 g/mol. The maximum absolute atomic E-state index is 12.5. The van der Waals surface area contributed by atoms with Gasteiger partial charge in [-0.15, -0.1) is 11.8 Å². The Morgan fingerprint density at radius 2 is 1.79 bits per heavy atom. The van der Waals surface area contributed by atoms with Crippen LogP contribution in [0.2, 0.25) is 0 Å². The van der Waals surface area contributed by atoms with Crippen LogP contribution in [0.1, 0.15) is 30.5 Å². The molecule has 152 valence electrons. The number of carbonyl (C=O) groups excluding carboxylic acids is 1. The number of hydrogen-bond donors (Lipinski definition) is 1. The fourth-order valence-corrected chi connectivity index (χ4v) is 4.71. The van der Waals surface area contributed by atoms with Gasteiger partial charge in [0.25, 0.3) is 0 Å². The lowest BCUT2D eigenvalue weighted by Gasteiger charge is -2.21. The zero-order chi connectivity index (χ0) is 20.7. The van der Waals surface area contributed by atoms with E-state index >= 15 is 0 Å². The Morgan fingerprint density at radius 3 is 2.39 bits per heavy atom. The first kappa shape index (κ1) is 22.5. The van der Waals surface area contributed by atoms with Gasteiger partial charge in [0, 0.05) is 25.4 Å². The number of aryl methyl sites for hydroxylation is 1. The third kappa shape index (κ3) is 6.36. The summed E-state index contributed by atoms with van der Waals surface area (Å²) in [6.07, 6.45) is 0. The molecule has 0 heterocycles. The molecule has 0 radical (unpaired) electrons. The molecular formula is C21H28N2O3S2. The van der Waals surface area contributed by atoms with E-state index in [0.717, 1.165) is 11.3 Å². The molecule has 0 atom stereocenters. The van der Waals surface area contributed by atoms with Gasteiger partial charge in [-0.25, -0.2) is 8.42 Å². The molecule has 0 saturated heterocycles. The second kappa shape index (κ2) is 10.1. The van der Waals surface area contributed by atoms with Gasteiger partial charge in [0.1, 0.15) is 0 Å². The Kier molecular flexibility index (Phi) is 8.10. The summed E-state index contributed by atoms with van der Waals surface area (Å²) >= 11 is 1.57. The third-order valence-corrected chi connectivity index (χ3v) is 7.45. The largest absolute Gasteiger partial charge is 0.351 e. The van der Waals surface area contributed by atoms with E-state index in [4.69, 9.17) is 0 Å².